The predicted octanol–water partition coefficient (Wildman–Crippen LogP) is 1.49. The van der Waals surface area contributed by atoms with Gasteiger partial charge in [0.25, 0.3) is 0 Å². The molecular formula is C10H21NOS. The molecule has 1 aliphatic rings. The maximum atomic E-state index is 8.85. The fraction of sp³-hybridized carbons (Fsp3) is 1.00. The van der Waals surface area contributed by atoms with Gasteiger partial charge in [0.1, 0.15) is 0 Å². The van der Waals surface area contributed by atoms with Crippen LogP contribution in [0, 0.1) is 5.41 Å². The molecule has 2 N–H and O–H groups in total. The summed E-state index contributed by atoms with van der Waals surface area (Å²) in [6.07, 6.45) is 7.01. The first-order valence-electron chi connectivity index (χ1n) is 5.13. The van der Waals surface area contributed by atoms with Crippen LogP contribution in [0.5, 0.6) is 0 Å². The smallest absolute Gasteiger partial charge is 0.0436 e. The lowest BCUT2D eigenvalue weighted by Gasteiger charge is -2.14. The third-order valence-electron chi connectivity index (χ3n) is 2.80. The van der Waals surface area contributed by atoms with Gasteiger partial charge < -0.3 is 10.4 Å². The minimum atomic E-state index is 0.354. The van der Waals surface area contributed by atoms with Gasteiger partial charge in [-0.25, -0.2) is 0 Å². The van der Waals surface area contributed by atoms with E-state index in [9.17, 15) is 0 Å². The van der Waals surface area contributed by atoms with Gasteiger partial charge in [0.05, 0.1) is 0 Å². The van der Waals surface area contributed by atoms with E-state index >= 15 is 0 Å². The van der Waals surface area contributed by atoms with Crippen molar-refractivity contribution in [3.05, 3.63) is 0 Å². The van der Waals surface area contributed by atoms with Gasteiger partial charge in [0.2, 0.25) is 0 Å². The van der Waals surface area contributed by atoms with Crippen LogP contribution in [0.4, 0.5) is 0 Å². The van der Waals surface area contributed by atoms with Gasteiger partial charge >= 0.3 is 0 Å². The van der Waals surface area contributed by atoms with Crippen molar-refractivity contribution in [3.63, 3.8) is 0 Å². The van der Waals surface area contributed by atoms with Gasteiger partial charge in [-0.1, -0.05) is 0 Å². The summed E-state index contributed by atoms with van der Waals surface area (Å²) >= 11 is 1.91. The first-order valence-corrected chi connectivity index (χ1v) is 6.53. The first-order chi connectivity index (χ1) is 6.33. The average molecular weight is 203 g/mol. The Morgan fingerprint density at radius 2 is 2.23 bits per heavy atom. The minimum Gasteiger partial charge on any atom is -0.396 e. The summed E-state index contributed by atoms with van der Waals surface area (Å²) in [5.41, 5.74) is 0.480. The van der Waals surface area contributed by atoms with Crippen molar-refractivity contribution in [3.8, 4) is 0 Å². The minimum absolute atomic E-state index is 0.354. The molecule has 1 rings (SSSR count). The van der Waals surface area contributed by atoms with Gasteiger partial charge in [-0.3, -0.25) is 0 Å². The predicted molar refractivity (Wildman–Crippen MR) is 59.2 cm³/mol. The highest BCUT2D eigenvalue weighted by Gasteiger charge is 2.40. The van der Waals surface area contributed by atoms with E-state index < -0.39 is 0 Å². The molecule has 2 nitrogen and oxygen atoms in total. The van der Waals surface area contributed by atoms with Crippen LogP contribution in [-0.2, 0) is 0 Å². The largest absolute Gasteiger partial charge is 0.396 e. The molecule has 0 bridgehead atoms. The Labute approximate surface area is 85.5 Å². The summed E-state index contributed by atoms with van der Waals surface area (Å²) in [7, 11) is 0. The SMILES string of the molecule is CSCCCNCC1(CCO)CC1. The normalized spacial score (nSPS) is 18.9. The van der Waals surface area contributed by atoms with E-state index in [1.807, 2.05) is 11.8 Å². The third-order valence-corrected chi connectivity index (χ3v) is 3.50. The molecule has 13 heavy (non-hydrogen) atoms. The molecule has 0 aromatic rings. The maximum Gasteiger partial charge on any atom is 0.0436 e. The van der Waals surface area contributed by atoms with Crippen LogP contribution < -0.4 is 5.32 Å². The fourth-order valence-corrected chi connectivity index (χ4v) is 2.06. The summed E-state index contributed by atoms with van der Waals surface area (Å²) in [6.45, 7) is 2.60. The molecule has 0 unspecified atom stereocenters. The van der Waals surface area contributed by atoms with Crippen LogP contribution >= 0.6 is 11.8 Å². The van der Waals surface area contributed by atoms with Crippen LogP contribution in [0.1, 0.15) is 25.7 Å². The number of hydrogen-bond acceptors (Lipinski definition) is 3. The lowest BCUT2D eigenvalue weighted by molar-refractivity contribution is 0.245. The highest BCUT2D eigenvalue weighted by Crippen LogP contribution is 2.47. The number of rotatable bonds is 8. The van der Waals surface area contributed by atoms with Gasteiger partial charge in [0.15, 0.2) is 0 Å². The van der Waals surface area contributed by atoms with E-state index in [0.29, 0.717) is 12.0 Å². The molecule has 0 heterocycles. The monoisotopic (exact) mass is 203 g/mol. The maximum absolute atomic E-state index is 8.85. The Balaban J connectivity index is 1.93. The molecular weight excluding hydrogens is 182 g/mol. The summed E-state index contributed by atoms with van der Waals surface area (Å²) in [4.78, 5) is 0. The van der Waals surface area contributed by atoms with Crippen molar-refractivity contribution >= 4 is 11.8 Å². The van der Waals surface area contributed by atoms with Gasteiger partial charge in [-0.2, -0.15) is 11.8 Å². The van der Waals surface area contributed by atoms with Gasteiger partial charge in [-0.15, -0.1) is 0 Å². The Bertz CT molecular complexity index is 137. The van der Waals surface area contributed by atoms with Crippen molar-refractivity contribution < 1.29 is 5.11 Å². The molecule has 1 aliphatic carbocycles. The van der Waals surface area contributed by atoms with Crippen molar-refractivity contribution in [1.82, 2.24) is 5.32 Å². The molecule has 0 atom stereocenters. The van der Waals surface area contributed by atoms with Crippen molar-refractivity contribution in [2.24, 2.45) is 5.41 Å². The molecule has 0 amide bonds. The summed E-state index contributed by atoms with van der Waals surface area (Å²) < 4.78 is 0. The number of thioether (sulfide) groups is 1. The number of nitrogens with one attached hydrogen (secondary N) is 1. The van der Waals surface area contributed by atoms with Crippen molar-refractivity contribution in [2.75, 3.05) is 31.7 Å². The standard InChI is InChI=1S/C10H21NOS/c1-13-8-2-6-11-9-10(3-4-10)5-7-12/h11-12H,2-9H2,1H3. The molecule has 0 aliphatic heterocycles. The first kappa shape index (κ1) is 11.3. The molecule has 0 radical (unpaired) electrons. The molecule has 3 heteroatoms. The molecule has 0 aromatic heterocycles. The van der Waals surface area contributed by atoms with Gasteiger partial charge in [0, 0.05) is 13.2 Å². The third kappa shape index (κ3) is 4.34. The number of hydrogen-bond donors (Lipinski definition) is 2. The Hall–Kier alpha value is 0.270. The van der Waals surface area contributed by atoms with Gasteiger partial charge in [-0.05, 0) is 49.7 Å². The Morgan fingerprint density at radius 1 is 1.46 bits per heavy atom. The van der Waals surface area contributed by atoms with Crippen LogP contribution in [0.15, 0.2) is 0 Å². The Kier molecular flexibility index (Phi) is 5.14. The number of aliphatic hydroxyl groups is 1. The molecule has 0 saturated heterocycles. The highest BCUT2D eigenvalue weighted by atomic mass is 32.2. The van der Waals surface area contributed by atoms with E-state index in [2.05, 4.69) is 11.6 Å². The van der Waals surface area contributed by atoms with E-state index in [0.717, 1.165) is 19.5 Å². The quantitative estimate of drug-likeness (QED) is 0.586. The van der Waals surface area contributed by atoms with Crippen LogP contribution in [0.2, 0.25) is 0 Å². The van der Waals surface area contributed by atoms with Crippen LogP contribution in [-0.4, -0.2) is 36.8 Å². The Morgan fingerprint density at radius 3 is 2.77 bits per heavy atom. The fourth-order valence-electron chi connectivity index (χ4n) is 1.62. The second kappa shape index (κ2) is 5.89. The lowest BCUT2D eigenvalue weighted by Crippen LogP contribution is -2.25. The van der Waals surface area contributed by atoms with E-state index in [1.54, 1.807) is 0 Å². The second-order valence-electron chi connectivity index (χ2n) is 4.00. The van der Waals surface area contributed by atoms with Crippen LogP contribution in [0.25, 0.3) is 0 Å². The second-order valence-corrected chi connectivity index (χ2v) is 4.98. The summed E-state index contributed by atoms with van der Waals surface area (Å²) in [5.74, 6) is 1.25. The molecule has 0 aromatic carbocycles. The molecule has 78 valence electrons. The van der Waals surface area contributed by atoms with Crippen molar-refractivity contribution in [2.45, 2.75) is 25.7 Å². The van der Waals surface area contributed by atoms with E-state index in [4.69, 9.17) is 5.11 Å². The molecule has 0 spiro atoms. The summed E-state index contributed by atoms with van der Waals surface area (Å²) in [6, 6.07) is 0. The molecule has 1 saturated carbocycles. The van der Waals surface area contributed by atoms with Crippen LogP contribution in [0.3, 0.4) is 0 Å². The summed E-state index contributed by atoms with van der Waals surface area (Å²) in [5, 5.41) is 12.3. The number of aliphatic hydroxyl groups excluding tert-OH is 1. The zero-order valence-corrected chi connectivity index (χ0v) is 9.33. The van der Waals surface area contributed by atoms with E-state index in [-0.39, 0.29) is 0 Å². The average Bonchev–Trinajstić information content (AvgIpc) is 2.86. The zero-order chi connectivity index (χ0) is 9.57. The lowest BCUT2D eigenvalue weighted by atomic mass is 10.0. The highest BCUT2D eigenvalue weighted by molar-refractivity contribution is 7.98. The molecule has 1 fully saturated rings. The topological polar surface area (TPSA) is 32.3 Å². The van der Waals surface area contributed by atoms with E-state index in [1.165, 1.54) is 25.0 Å². The zero-order valence-electron chi connectivity index (χ0n) is 8.51. The van der Waals surface area contributed by atoms with Crippen molar-refractivity contribution in [1.29, 1.82) is 0 Å².